The Morgan fingerprint density at radius 3 is 2.17 bits per heavy atom. The first-order valence-corrected chi connectivity index (χ1v) is 14.6. The number of halogens is 4. The molecule has 0 aliphatic carbocycles. The highest BCUT2D eigenvalue weighted by Gasteiger charge is 2.32. The second kappa shape index (κ2) is 13.6. The van der Waals surface area contributed by atoms with Crippen molar-refractivity contribution in [2.45, 2.75) is 45.2 Å². The summed E-state index contributed by atoms with van der Waals surface area (Å²) < 4.78 is 38.2. The monoisotopic (exact) mass is 615 g/mol. The third-order valence-electron chi connectivity index (χ3n) is 6.61. The standard InChI is InChI=1S/C31H29ClF3N3O3S/c1-19(2)26-12-11-24(32)17-27(26)38-28(40)18-42-30(38)37-29(41)36-14-13-20-3-5-21(6-4-20)15-25(39)16-22-7-9-23(10-8-22)31(33,34)35/h3-12,17,19H,13-16,18H2,1-2H3,(H,36,41). The van der Waals surface area contributed by atoms with E-state index in [9.17, 15) is 27.6 Å². The summed E-state index contributed by atoms with van der Waals surface area (Å²) in [5, 5.41) is 3.53. The number of ketones is 1. The zero-order valence-electron chi connectivity index (χ0n) is 23.0. The van der Waals surface area contributed by atoms with E-state index in [0.717, 1.165) is 28.8 Å². The van der Waals surface area contributed by atoms with E-state index < -0.39 is 17.8 Å². The van der Waals surface area contributed by atoms with Gasteiger partial charge in [0.2, 0.25) is 5.91 Å². The Morgan fingerprint density at radius 1 is 0.976 bits per heavy atom. The van der Waals surface area contributed by atoms with Gasteiger partial charge in [0.1, 0.15) is 5.78 Å². The number of amidine groups is 1. The van der Waals surface area contributed by atoms with E-state index in [2.05, 4.69) is 10.3 Å². The molecule has 1 saturated heterocycles. The van der Waals surface area contributed by atoms with Crippen LogP contribution in [0.2, 0.25) is 5.02 Å². The van der Waals surface area contributed by atoms with Crippen molar-refractivity contribution in [2.75, 3.05) is 17.2 Å². The number of carbonyl (C=O) groups excluding carboxylic acids is 3. The van der Waals surface area contributed by atoms with E-state index in [1.807, 2.05) is 44.2 Å². The van der Waals surface area contributed by atoms with Gasteiger partial charge >= 0.3 is 12.2 Å². The van der Waals surface area contributed by atoms with Crippen LogP contribution in [0.15, 0.2) is 71.7 Å². The van der Waals surface area contributed by atoms with E-state index in [1.165, 1.54) is 28.8 Å². The molecule has 0 atom stereocenters. The maximum absolute atomic E-state index is 12.7. The molecule has 6 nitrogen and oxygen atoms in total. The molecule has 11 heteroatoms. The number of nitrogens with zero attached hydrogens (tertiary/aromatic N) is 2. The van der Waals surface area contributed by atoms with Crippen LogP contribution in [0.25, 0.3) is 0 Å². The normalized spacial score (nSPS) is 14.6. The number of thioether (sulfide) groups is 1. The summed E-state index contributed by atoms with van der Waals surface area (Å²) in [5.41, 5.74) is 3.06. The van der Waals surface area contributed by atoms with Crippen molar-refractivity contribution in [1.82, 2.24) is 5.32 Å². The highest BCUT2D eigenvalue weighted by Crippen LogP contribution is 2.35. The highest BCUT2D eigenvalue weighted by molar-refractivity contribution is 8.15. The lowest BCUT2D eigenvalue weighted by molar-refractivity contribution is -0.137. The van der Waals surface area contributed by atoms with Crippen molar-refractivity contribution >= 4 is 51.9 Å². The summed E-state index contributed by atoms with van der Waals surface area (Å²) in [6.07, 6.45) is -3.68. The quantitative estimate of drug-likeness (QED) is 0.276. The molecule has 3 aromatic rings. The van der Waals surface area contributed by atoms with Gasteiger partial charge in [0, 0.05) is 24.4 Å². The molecule has 3 amide bonds. The van der Waals surface area contributed by atoms with Crippen LogP contribution in [0, 0.1) is 0 Å². The predicted octanol–water partition coefficient (Wildman–Crippen LogP) is 7.22. The minimum atomic E-state index is -4.41. The second-order valence-corrected chi connectivity index (χ2v) is 11.5. The van der Waals surface area contributed by atoms with E-state index in [1.54, 1.807) is 12.1 Å². The number of nitrogens with one attached hydrogen (secondary N) is 1. The number of Topliss-reactive ketones (excluding diaryl/α,β-unsaturated/α-hetero) is 1. The Hall–Kier alpha value is -3.63. The minimum Gasteiger partial charge on any atom is -0.336 e. The van der Waals surface area contributed by atoms with Gasteiger partial charge in [-0.3, -0.25) is 14.5 Å². The molecule has 0 spiro atoms. The molecule has 220 valence electrons. The van der Waals surface area contributed by atoms with Gasteiger partial charge < -0.3 is 5.32 Å². The zero-order valence-corrected chi connectivity index (χ0v) is 24.6. The first kappa shape index (κ1) is 31.3. The fourth-order valence-corrected chi connectivity index (χ4v) is 5.50. The van der Waals surface area contributed by atoms with Gasteiger partial charge in [0.15, 0.2) is 5.17 Å². The molecule has 0 bridgehead atoms. The van der Waals surface area contributed by atoms with Crippen molar-refractivity contribution in [3.8, 4) is 0 Å². The molecule has 0 aromatic heterocycles. The molecule has 3 aromatic carbocycles. The molecule has 1 N–H and O–H groups in total. The van der Waals surface area contributed by atoms with Crippen LogP contribution in [-0.4, -0.2) is 35.2 Å². The molecule has 1 heterocycles. The molecule has 0 radical (unpaired) electrons. The first-order chi connectivity index (χ1) is 19.9. The lowest BCUT2D eigenvalue weighted by Gasteiger charge is -2.21. The summed E-state index contributed by atoms with van der Waals surface area (Å²) in [4.78, 5) is 43.3. The van der Waals surface area contributed by atoms with Crippen molar-refractivity contribution in [3.05, 3.63) is 99.6 Å². The topological polar surface area (TPSA) is 78.8 Å². The highest BCUT2D eigenvalue weighted by atomic mass is 35.5. The fourth-order valence-electron chi connectivity index (χ4n) is 4.47. The molecule has 0 unspecified atom stereocenters. The average Bonchev–Trinajstić information content (AvgIpc) is 3.28. The van der Waals surface area contributed by atoms with Gasteiger partial charge in [-0.15, -0.1) is 0 Å². The van der Waals surface area contributed by atoms with Crippen LogP contribution >= 0.6 is 23.4 Å². The molecule has 1 aliphatic heterocycles. The number of hydrogen-bond acceptors (Lipinski definition) is 4. The molecule has 4 rings (SSSR count). The molecule has 0 saturated carbocycles. The molecule has 42 heavy (non-hydrogen) atoms. The van der Waals surface area contributed by atoms with Crippen molar-refractivity contribution in [3.63, 3.8) is 0 Å². The smallest absolute Gasteiger partial charge is 0.336 e. The number of carbonyl (C=O) groups is 3. The Balaban J connectivity index is 1.29. The largest absolute Gasteiger partial charge is 0.416 e. The van der Waals surface area contributed by atoms with Crippen LogP contribution < -0.4 is 10.2 Å². The summed E-state index contributed by atoms with van der Waals surface area (Å²) in [7, 11) is 0. The number of rotatable bonds is 9. The van der Waals surface area contributed by atoms with Gasteiger partial charge in [0.25, 0.3) is 0 Å². The van der Waals surface area contributed by atoms with E-state index in [4.69, 9.17) is 11.6 Å². The van der Waals surface area contributed by atoms with Crippen LogP contribution in [0.3, 0.4) is 0 Å². The zero-order chi connectivity index (χ0) is 30.4. The number of hydrogen-bond donors (Lipinski definition) is 1. The average molecular weight is 616 g/mol. The van der Waals surface area contributed by atoms with Crippen LogP contribution in [0.1, 0.15) is 47.6 Å². The lowest BCUT2D eigenvalue weighted by Crippen LogP contribution is -2.32. The lowest BCUT2D eigenvalue weighted by atomic mass is 10.0. The SMILES string of the molecule is CC(C)c1ccc(Cl)cc1N1C(=O)CSC1=NC(=O)NCCc1ccc(CC(=O)Cc2ccc(C(F)(F)F)cc2)cc1. The van der Waals surface area contributed by atoms with Crippen molar-refractivity contribution in [1.29, 1.82) is 0 Å². The Bertz CT molecular complexity index is 1490. The molecule has 1 fully saturated rings. The third-order valence-corrected chi connectivity index (χ3v) is 7.77. The van der Waals surface area contributed by atoms with Gasteiger partial charge in [-0.25, -0.2) is 4.79 Å². The number of amides is 3. The van der Waals surface area contributed by atoms with Gasteiger partial charge in [-0.1, -0.05) is 79.7 Å². The summed E-state index contributed by atoms with van der Waals surface area (Å²) in [5.74, 6) is 0.0300. The minimum absolute atomic E-state index is 0.0475. The summed E-state index contributed by atoms with van der Waals surface area (Å²) in [6, 6.07) is 16.7. The maximum Gasteiger partial charge on any atom is 0.416 e. The van der Waals surface area contributed by atoms with Gasteiger partial charge in [-0.05, 0) is 58.9 Å². The van der Waals surface area contributed by atoms with Crippen LogP contribution in [-0.2, 0) is 35.0 Å². The molecular formula is C31H29ClF3N3O3S. The summed E-state index contributed by atoms with van der Waals surface area (Å²) >= 11 is 7.40. The number of anilines is 1. The van der Waals surface area contributed by atoms with Crippen molar-refractivity contribution in [2.24, 2.45) is 4.99 Å². The van der Waals surface area contributed by atoms with E-state index in [0.29, 0.717) is 34.4 Å². The number of alkyl halides is 3. The van der Waals surface area contributed by atoms with Crippen LogP contribution in [0.5, 0.6) is 0 Å². The number of urea groups is 1. The third kappa shape index (κ3) is 8.23. The number of benzene rings is 3. The predicted molar refractivity (Wildman–Crippen MR) is 160 cm³/mol. The van der Waals surface area contributed by atoms with Gasteiger partial charge in [-0.2, -0.15) is 18.2 Å². The molecular weight excluding hydrogens is 587 g/mol. The van der Waals surface area contributed by atoms with Gasteiger partial charge in [0.05, 0.1) is 17.0 Å². The Labute approximate surface area is 251 Å². The Morgan fingerprint density at radius 2 is 1.57 bits per heavy atom. The second-order valence-electron chi connectivity index (χ2n) is 10.2. The maximum atomic E-state index is 12.7. The number of aliphatic imine (C=N–C) groups is 1. The van der Waals surface area contributed by atoms with Crippen molar-refractivity contribution < 1.29 is 27.6 Å². The Kier molecular flexibility index (Phi) is 10.1. The van der Waals surface area contributed by atoms with E-state index >= 15 is 0 Å². The van der Waals surface area contributed by atoms with E-state index in [-0.39, 0.29) is 36.2 Å². The first-order valence-electron chi connectivity index (χ1n) is 13.3. The summed E-state index contributed by atoms with van der Waals surface area (Å²) in [6.45, 7) is 4.34. The van der Waals surface area contributed by atoms with Crippen LogP contribution in [0.4, 0.5) is 23.7 Å². The fraction of sp³-hybridized carbons (Fsp3) is 0.290. The molecule has 1 aliphatic rings.